The van der Waals surface area contributed by atoms with Gasteiger partial charge in [-0.3, -0.25) is 0 Å². The molecule has 1 aromatic carbocycles. The molecule has 0 saturated heterocycles. The van der Waals surface area contributed by atoms with Crippen LogP contribution >= 0.6 is 23.2 Å². The fourth-order valence-corrected chi connectivity index (χ4v) is 2.14. The van der Waals surface area contributed by atoms with E-state index in [9.17, 15) is 0 Å². The largest absolute Gasteiger partial charge is 0.369 e. The van der Waals surface area contributed by atoms with Crippen molar-refractivity contribution < 1.29 is 0 Å². The summed E-state index contributed by atoms with van der Waals surface area (Å²) < 4.78 is 1.90. The zero-order chi connectivity index (χ0) is 11.7. The molecule has 0 radical (unpaired) electrons. The van der Waals surface area contributed by atoms with Crippen LogP contribution in [0.3, 0.4) is 0 Å². The third kappa shape index (κ3) is 1.88. The molecule has 0 aliphatic carbocycles. The van der Waals surface area contributed by atoms with Gasteiger partial charge in [0.25, 0.3) is 0 Å². The molecule has 5 heteroatoms. The zero-order valence-corrected chi connectivity index (χ0v) is 10.3. The summed E-state index contributed by atoms with van der Waals surface area (Å²) in [5.74, 6) is 0.489. The van der Waals surface area contributed by atoms with E-state index in [1.807, 2.05) is 17.6 Å². The minimum absolute atomic E-state index is 0.489. The van der Waals surface area contributed by atoms with Crippen LogP contribution in [0.2, 0.25) is 10.0 Å². The van der Waals surface area contributed by atoms with E-state index >= 15 is 0 Å². The lowest BCUT2D eigenvalue weighted by molar-refractivity contribution is 0.781. The summed E-state index contributed by atoms with van der Waals surface area (Å²) in [7, 11) is 0. The minimum Gasteiger partial charge on any atom is -0.369 e. The Morgan fingerprint density at radius 1 is 1.38 bits per heavy atom. The number of nitrogens with two attached hydrogens (primary N) is 1. The summed E-state index contributed by atoms with van der Waals surface area (Å²) in [5, 5.41) is 1.21. The van der Waals surface area contributed by atoms with E-state index in [1.165, 1.54) is 0 Å². The van der Waals surface area contributed by atoms with Crippen LogP contribution in [0.4, 0.5) is 5.95 Å². The molecule has 2 N–H and O–H groups in total. The van der Waals surface area contributed by atoms with Crippen molar-refractivity contribution in [3.63, 3.8) is 0 Å². The number of aromatic nitrogens is 2. The maximum absolute atomic E-state index is 6.14. The van der Waals surface area contributed by atoms with Gasteiger partial charge in [0.1, 0.15) is 0 Å². The number of imidazole rings is 1. The Balaban J connectivity index is 2.58. The summed E-state index contributed by atoms with van der Waals surface area (Å²) in [4.78, 5) is 4.08. The molecule has 0 atom stereocenters. The Kier molecular flexibility index (Phi) is 3.08. The minimum atomic E-state index is 0.489. The molecule has 1 heterocycles. The molecule has 1 aromatic heterocycles. The van der Waals surface area contributed by atoms with E-state index in [0.29, 0.717) is 16.0 Å². The first-order valence-electron chi connectivity index (χ1n) is 4.90. The highest BCUT2D eigenvalue weighted by Gasteiger charge is 2.11. The van der Waals surface area contributed by atoms with E-state index in [4.69, 9.17) is 28.9 Å². The average Bonchev–Trinajstić information content (AvgIpc) is 2.59. The first-order chi connectivity index (χ1) is 7.63. The second-order valence-electron chi connectivity index (χ2n) is 3.37. The van der Waals surface area contributed by atoms with Crippen LogP contribution in [0.1, 0.15) is 6.92 Å². The molecule has 0 fully saturated rings. The molecule has 0 aliphatic rings. The third-order valence-electron chi connectivity index (χ3n) is 2.41. The highest BCUT2D eigenvalue weighted by Crippen LogP contribution is 2.31. The summed E-state index contributed by atoms with van der Waals surface area (Å²) >= 11 is 12.0. The highest BCUT2D eigenvalue weighted by molar-refractivity contribution is 6.36. The van der Waals surface area contributed by atoms with Crippen LogP contribution in [-0.4, -0.2) is 9.55 Å². The Labute approximate surface area is 104 Å². The number of hydrogen-bond donors (Lipinski definition) is 1. The summed E-state index contributed by atoms with van der Waals surface area (Å²) in [6, 6.07) is 5.38. The van der Waals surface area contributed by atoms with Crippen LogP contribution in [0.15, 0.2) is 24.4 Å². The van der Waals surface area contributed by atoms with E-state index in [-0.39, 0.29) is 0 Å². The molecule has 0 saturated carbocycles. The number of hydrogen-bond acceptors (Lipinski definition) is 2. The first kappa shape index (κ1) is 11.3. The predicted octanol–water partition coefficient (Wildman–Crippen LogP) is 3.46. The van der Waals surface area contributed by atoms with Crippen molar-refractivity contribution in [1.82, 2.24) is 9.55 Å². The molecular weight excluding hydrogens is 245 g/mol. The Hall–Kier alpha value is -1.19. The van der Waals surface area contributed by atoms with E-state index in [0.717, 1.165) is 17.8 Å². The standard InChI is InChI=1S/C11H11Cl2N3/c1-2-16-10(6-15-11(16)14)8-4-3-7(12)5-9(8)13/h3-6H,2H2,1H3,(H2,14,15). The Morgan fingerprint density at radius 3 is 2.75 bits per heavy atom. The van der Waals surface area contributed by atoms with Crippen molar-refractivity contribution >= 4 is 29.2 Å². The van der Waals surface area contributed by atoms with Crippen molar-refractivity contribution in [3.8, 4) is 11.3 Å². The number of rotatable bonds is 2. The quantitative estimate of drug-likeness (QED) is 0.894. The van der Waals surface area contributed by atoms with Crippen molar-refractivity contribution in [2.45, 2.75) is 13.5 Å². The number of benzene rings is 1. The summed E-state index contributed by atoms with van der Waals surface area (Å²) in [5.41, 5.74) is 7.54. The van der Waals surface area contributed by atoms with Crippen LogP contribution in [-0.2, 0) is 6.54 Å². The van der Waals surface area contributed by atoms with Crippen LogP contribution in [0, 0.1) is 0 Å². The molecule has 84 valence electrons. The molecule has 0 aliphatic heterocycles. The smallest absolute Gasteiger partial charge is 0.200 e. The number of halogens is 2. The lowest BCUT2D eigenvalue weighted by atomic mass is 10.1. The number of nitrogens with zero attached hydrogens (tertiary/aromatic N) is 2. The molecular formula is C11H11Cl2N3. The molecule has 2 aromatic rings. The van der Waals surface area contributed by atoms with Gasteiger partial charge in [-0.1, -0.05) is 23.2 Å². The van der Waals surface area contributed by atoms with E-state index in [2.05, 4.69) is 4.98 Å². The molecule has 2 rings (SSSR count). The molecule has 0 spiro atoms. The average molecular weight is 256 g/mol. The first-order valence-corrected chi connectivity index (χ1v) is 5.65. The molecule has 0 bridgehead atoms. The maximum Gasteiger partial charge on any atom is 0.200 e. The normalized spacial score (nSPS) is 10.7. The van der Waals surface area contributed by atoms with E-state index < -0.39 is 0 Å². The van der Waals surface area contributed by atoms with Gasteiger partial charge < -0.3 is 10.3 Å². The second kappa shape index (κ2) is 4.36. The van der Waals surface area contributed by atoms with Crippen LogP contribution < -0.4 is 5.73 Å². The molecule has 0 unspecified atom stereocenters. The predicted molar refractivity (Wildman–Crippen MR) is 67.8 cm³/mol. The van der Waals surface area contributed by atoms with Gasteiger partial charge in [0.05, 0.1) is 16.9 Å². The van der Waals surface area contributed by atoms with Gasteiger partial charge in [-0.15, -0.1) is 0 Å². The topological polar surface area (TPSA) is 43.8 Å². The summed E-state index contributed by atoms with van der Waals surface area (Å²) in [6.45, 7) is 2.76. The monoisotopic (exact) mass is 255 g/mol. The zero-order valence-electron chi connectivity index (χ0n) is 8.74. The number of nitrogen functional groups attached to an aromatic ring is 1. The van der Waals surface area contributed by atoms with Crippen molar-refractivity contribution in [2.75, 3.05) is 5.73 Å². The van der Waals surface area contributed by atoms with Gasteiger partial charge in [-0.05, 0) is 25.1 Å². The maximum atomic E-state index is 6.14. The number of anilines is 1. The highest BCUT2D eigenvalue weighted by atomic mass is 35.5. The van der Waals surface area contributed by atoms with Gasteiger partial charge in [0, 0.05) is 17.1 Å². The van der Waals surface area contributed by atoms with Gasteiger partial charge in [0.2, 0.25) is 5.95 Å². The SMILES string of the molecule is CCn1c(-c2ccc(Cl)cc2Cl)cnc1N. The van der Waals surface area contributed by atoms with Gasteiger partial charge in [-0.25, -0.2) is 4.98 Å². The lowest BCUT2D eigenvalue weighted by Gasteiger charge is -2.08. The van der Waals surface area contributed by atoms with Crippen molar-refractivity contribution in [1.29, 1.82) is 0 Å². The lowest BCUT2D eigenvalue weighted by Crippen LogP contribution is -2.02. The van der Waals surface area contributed by atoms with Gasteiger partial charge in [-0.2, -0.15) is 0 Å². The fourth-order valence-electron chi connectivity index (χ4n) is 1.63. The Bertz CT molecular complexity index is 520. The van der Waals surface area contributed by atoms with E-state index in [1.54, 1.807) is 18.3 Å². The molecule has 0 amide bonds. The third-order valence-corrected chi connectivity index (χ3v) is 2.96. The molecule has 16 heavy (non-hydrogen) atoms. The van der Waals surface area contributed by atoms with Crippen molar-refractivity contribution in [3.05, 3.63) is 34.4 Å². The van der Waals surface area contributed by atoms with Crippen LogP contribution in [0.5, 0.6) is 0 Å². The Morgan fingerprint density at radius 2 is 2.12 bits per heavy atom. The molecule has 3 nitrogen and oxygen atoms in total. The fraction of sp³-hybridized carbons (Fsp3) is 0.182. The van der Waals surface area contributed by atoms with Gasteiger partial charge >= 0.3 is 0 Å². The van der Waals surface area contributed by atoms with Gasteiger partial charge in [0.15, 0.2) is 0 Å². The second-order valence-corrected chi connectivity index (χ2v) is 4.21. The van der Waals surface area contributed by atoms with Crippen molar-refractivity contribution in [2.24, 2.45) is 0 Å². The van der Waals surface area contributed by atoms with Crippen LogP contribution in [0.25, 0.3) is 11.3 Å². The summed E-state index contributed by atoms with van der Waals surface area (Å²) in [6.07, 6.45) is 1.72.